The summed E-state index contributed by atoms with van der Waals surface area (Å²) in [5.74, 6) is 8.57. The van der Waals surface area contributed by atoms with Gasteiger partial charge in [-0.05, 0) is 21.1 Å². The molecule has 25 heavy (non-hydrogen) atoms. The van der Waals surface area contributed by atoms with Gasteiger partial charge in [0, 0.05) is 37.1 Å². The third kappa shape index (κ3) is 7.09. The van der Waals surface area contributed by atoms with E-state index in [-0.39, 0.29) is 10.6 Å². The maximum absolute atomic E-state index is 11.1. The molecule has 12 heteroatoms. The lowest BCUT2D eigenvalue weighted by Gasteiger charge is -2.32. The monoisotopic (exact) mass is 397 g/mol. The Balaban J connectivity index is 0.00000312. The Hall–Kier alpha value is -0.890. The van der Waals surface area contributed by atoms with Gasteiger partial charge in [0.2, 0.25) is 0 Å². The molecule has 0 aromatic rings. The van der Waals surface area contributed by atoms with Crippen LogP contribution < -0.4 is 11.0 Å². The second-order valence-corrected chi connectivity index (χ2v) is 7.95. The number of nitrogens with zero attached hydrogens (tertiary/aromatic N) is 3. The maximum atomic E-state index is 11.1. The number of unbranched alkanes of at least 4 members (excludes halogenated alkanes) is 3. The first-order valence-electron chi connectivity index (χ1n) is 8.11. The van der Waals surface area contributed by atoms with Crippen molar-refractivity contribution in [3.05, 3.63) is 11.8 Å². The van der Waals surface area contributed by atoms with Crippen LogP contribution in [0, 0.1) is 0 Å². The number of hydrazine groups is 1. The number of quaternary nitrogens is 1. The molecule has 5 N–H and O–H groups in total. The number of hydrazone groups is 1. The number of hydrogen-bond acceptors (Lipinski definition) is 9. The van der Waals surface area contributed by atoms with Gasteiger partial charge in [-0.1, -0.05) is 31.3 Å². The van der Waals surface area contributed by atoms with E-state index in [0.717, 1.165) is 55.5 Å². The molecule has 0 radical (unpaired) electrons. The summed E-state index contributed by atoms with van der Waals surface area (Å²) in [6, 6.07) is 0. The maximum Gasteiger partial charge on any atom is 0.444 e. The van der Waals surface area contributed by atoms with Crippen LogP contribution >= 0.6 is 11.8 Å². The first-order valence-corrected chi connectivity index (χ1v) is 10.6. The molecule has 0 bridgehead atoms. The zero-order valence-corrected chi connectivity index (χ0v) is 15.9. The number of amidine groups is 1. The normalized spacial score (nSPS) is 21.5. The molecule has 0 aromatic heterocycles. The lowest BCUT2D eigenvalue weighted by molar-refractivity contribution is -1.13. The van der Waals surface area contributed by atoms with E-state index in [1.54, 1.807) is 0 Å². The highest BCUT2D eigenvalue weighted by Crippen LogP contribution is 2.14. The standard InChI is InChI=1S/C13H25N5O4S2.H2O/c1-2-3-4-5-6-12-11-13(16-7-9-23-10-8-16)15-18(14)17(12)22-24(19,20)21;/h11H,2-10,14H2,1H3,(H,19,20,21);1H2. The van der Waals surface area contributed by atoms with Crippen LogP contribution in [0.4, 0.5) is 0 Å². The lowest BCUT2D eigenvalue weighted by atomic mass is 10.1. The fourth-order valence-electron chi connectivity index (χ4n) is 2.61. The largest absolute Gasteiger partial charge is 0.870 e. The minimum Gasteiger partial charge on any atom is -0.870 e. The molecular formula is C13H27N5O5S2. The van der Waals surface area contributed by atoms with Gasteiger partial charge in [0.25, 0.3) is 0 Å². The summed E-state index contributed by atoms with van der Waals surface area (Å²) in [5.41, 5.74) is 0.634. The molecule has 0 aromatic carbocycles. The third-order valence-corrected chi connectivity index (χ3v) is 5.13. The van der Waals surface area contributed by atoms with Gasteiger partial charge in [0.15, 0.2) is 11.5 Å². The lowest BCUT2D eigenvalue weighted by Crippen LogP contribution is -3.17. The molecule has 146 valence electrons. The molecule has 2 aliphatic heterocycles. The van der Waals surface area contributed by atoms with Gasteiger partial charge in [0.05, 0.1) is 0 Å². The zero-order chi connectivity index (χ0) is 17.6. The third-order valence-electron chi connectivity index (χ3n) is 3.82. The summed E-state index contributed by atoms with van der Waals surface area (Å²) >= 11 is 1.89. The highest BCUT2D eigenvalue weighted by Gasteiger charge is 2.34. The van der Waals surface area contributed by atoms with Crippen molar-refractivity contribution < 1.29 is 27.9 Å². The Bertz CT molecular complexity index is 577. The average Bonchev–Trinajstić information content (AvgIpc) is 2.54. The van der Waals surface area contributed by atoms with Crippen molar-refractivity contribution in [3.8, 4) is 0 Å². The molecule has 1 saturated heterocycles. The van der Waals surface area contributed by atoms with Crippen LogP contribution in [0.5, 0.6) is 0 Å². The van der Waals surface area contributed by atoms with E-state index >= 15 is 0 Å². The van der Waals surface area contributed by atoms with E-state index in [4.69, 9.17) is 10.4 Å². The smallest absolute Gasteiger partial charge is 0.444 e. The Labute approximate surface area is 152 Å². The van der Waals surface area contributed by atoms with E-state index < -0.39 is 10.4 Å². The van der Waals surface area contributed by atoms with Crippen LogP contribution in [-0.4, -0.2) is 59.0 Å². The molecule has 1 unspecified atom stereocenters. The van der Waals surface area contributed by atoms with Gasteiger partial charge in [-0.25, -0.2) is 0 Å². The van der Waals surface area contributed by atoms with Crippen LogP contribution in [-0.2, 0) is 14.7 Å². The van der Waals surface area contributed by atoms with Crippen molar-refractivity contribution in [2.45, 2.75) is 39.0 Å². The summed E-state index contributed by atoms with van der Waals surface area (Å²) < 4.78 is 35.8. The second kappa shape index (κ2) is 10.3. The van der Waals surface area contributed by atoms with Crippen LogP contribution in [0.2, 0.25) is 0 Å². The number of nitrogens with two attached hydrogens (primary N) is 1. The molecule has 1 fully saturated rings. The SMILES string of the molecule is CCCCCCC1=CC(N2CCSCC2)=NN(N)[NH+]1OS(=O)(=O)O.[OH-]. The first-order chi connectivity index (χ1) is 11.4. The summed E-state index contributed by atoms with van der Waals surface area (Å²) in [5, 5.41) is 4.96. The summed E-state index contributed by atoms with van der Waals surface area (Å²) in [6.07, 6.45) is 6.56. The number of rotatable bonds is 7. The number of hydroxylamine groups is 1. The highest BCUT2D eigenvalue weighted by molar-refractivity contribution is 7.99. The number of nitrogens with one attached hydrogen (secondary N) is 1. The molecule has 0 aliphatic carbocycles. The molecule has 2 heterocycles. The van der Waals surface area contributed by atoms with Gasteiger partial charge in [-0.3, -0.25) is 4.55 Å². The first kappa shape index (κ1) is 22.2. The van der Waals surface area contributed by atoms with E-state index in [2.05, 4.69) is 21.2 Å². The molecule has 2 aliphatic rings. The van der Waals surface area contributed by atoms with E-state index in [0.29, 0.717) is 18.0 Å². The van der Waals surface area contributed by atoms with E-state index in [1.807, 2.05) is 17.8 Å². The van der Waals surface area contributed by atoms with Crippen molar-refractivity contribution >= 4 is 28.0 Å². The van der Waals surface area contributed by atoms with Gasteiger partial charge in [-0.15, -0.1) is 0 Å². The Kier molecular flexibility index (Phi) is 9.13. The topological polar surface area (TPSA) is 143 Å². The average molecular weight is 398 g/mol. The van der Waals surface area contributed by atoms with Crippen molar-refractivity contribution in [2.24, 2.45) is 10.9 Å². The Morgan fingerprint density at radius 3 is 2.64 bits per heavy atom. The fourth-order valence-corrected chi connectivity index (χ4v) is 3.90. The van der Waals surface area contributed by atoms with Gasteiger partial charge in [0.1, 0.15) is 0 Å². The number of hydrogen-bond donors (Lipinski definition) is 3. The van der Waals surface area contributed by atoms with Gasteiger partial charge >= 0.3 is 10.4 Å². The fraction of sp³-hybridized carbons (Fsp3) is 0.769. The summed E-state index contributed by atoms with van der Waals surface area (Å²) in [4.78, 5) is 2.12. The minimum absolute atomic E-state index is 0. The quantitative estimate of drug-likeness (QED) is 0.301. The summed E-state index contributed by atoms with van der Waals surface area (Å²) in [6.45, 7) is 3.86. The highest BCUT2D eigenvalue weighted by atomic mass is 32.3. The van der Waals surface area contributed by atoms with Gasteiger partial charge < -0.3 is 10.4 Å². The van der Waals surface area contributed by atoms with Gasteiger partial charge in [-0.2, -0.15) is 26.0 Å². The Morgan fingerprint density at radius 1 is 1.36 bits per heavy atom. The molecule has 0 spiro atoms. The summed E-state index contributed by atoms with van der Waals surface area (Å²) in [7, 11) is -4.65. The van der Waals surface area contributed by atoms with Crippen molar-refractivity contribution in [3.63, 3.8) is 0 Å². The number of thioether (sulfide) groups is 1. The van der Waals surface area contributed by atoms with Crippen molar-refractivity contribution in [2.75, 3.05) is 24.6 Å². The van der Waals surface area contributed by atoms with Crippen LogP contribution in [0.1, 0.15) is 39.0 Å². The molecule has 1 atom stereocenters. The molecule has 0 amide bonds. The number of allylic oxidation sites excluding steroid dienone is 1. The predicted octanol–water partition coefficient (Wildman–Crippen LogP) is -0.250. The predicted molar refractivity (Wildman–Crippen MR) is 94.7 cm³/mol. The van der Waals surface area contributed by atoms with Crippen LogP contribution in [0.15, 0.2) is 16.9 Å². The zero-order valence-electron chi connectivity index (χ0n) is 14.3. The van der Waals surface area contributed by atoms with Crippen LogP contribution in [0.3, 0.4) is 0 Å². The molecule has 2 rings (SSSR count). The second-order valence-electron chi connectivity index (χ2n) is 5.70. The molecular weight excluding hydrogens is 370 g/mol. The Morgan fingerprint density at radius 2 is 2.04 bits per heavy atom. The molecule has 10 nitrogen and oxygen atoms in total. The van der Waals surface area contributed by atoms with E-state index in [9.17, 15) is 8.42 Å². The molecule has 0 saturated carbocycles. The minimum atomic E-state index is -4.65. The van der Waals surface area contributed by atoms with E-state index in [1.165, 1.54) is 0 Å². The van der Waals surface area contributed by atoms with Crippen molar-refractivity contribution in [1.29, 1.82) is 0 Å². The van der Waals surface area contributed by atoms with Crippen LogP contribution in [0.25, 0.3) is 0 Å². The van der Waals surface area contributed by atoms with Crippen molar-refractivity contribution in [1.82, 2.24) is 10.1 Å².